The Hall–Kier alpha value is -3.19. The van der Waals surface area contributed by atoms with E-state index in [1.165, 1.54) is 24.5 Å². The van der Waals surface area contributed by atoms with Gasteiger partial charge in [0.2, 0.25) is 5.91 Å². The van der Waals surface area contributed by atoms with Crippen molar-refractivity contribution >= 4 is 5.91 Å². The van der Waals surface area contributed by atoms with Crippen LogP contribution in [-0.2, 0) is 37.2 Å². The van der Waals surface area contributed by atoms with E-state index in [1.807, 2.05) is 18.2 Å². The average molecular weight is 505 g/mol. The summed E-state index contributed by atoms with van der Waals surface area (Å²) in [5.74, 6) is 0.0162. The summed E-state index contributed by atoms with van der Waals surface area (Å²) < 4.78 is 0. The molecule has 3 rings (SSSR count). The van der Waals surface area contributed by atoms with Crippen molar-refractivity contribution in [2.45, 2.75) is 71.2 Å². The lowest BCUT2D eigenvalue weighted by Gasteiger charge is -2.18. The molecule has 0 bridgehead atoms. The molecular formula is C31H40N2O4. The van der Waals surface area contributed by atoms with Gasteiger partial charge < -0.3 is 26.0 Å². The summed E-state index contributed by atoms with van der Waals surface area (Å²) in [4.78, 5) is 12.5. The zero-order valence-corrected chi connectivity index (χ0v) is 21.9. The maximum Gasteiger partial charge on any atom is 0.224 e. The molecule has 0 spiro atoms. The molecule has 0 aliphatic rings. The zero-order chi connectivity index (χ0) is 26.6. The van der Waals surface area contributed by atoms with Gasteiger partial charge in [-0.15, -0.1) is 0 Å². The molecule has 0 heterocycles. The molecule has 0 saturated carbocycles. The number of unbranched alkanes of at least 4 members (excludes halogenated alkanes) is 1. The summed E-state index contributed by atoms with van der Waals surface area (Å²) in [7, 11) is 0. The summed E-state index contributed by atoms with van der Waals surface area (Å²) in [6, 6.07) is 21.4. The molecule has 0 aliphatic carbocycles. The number of carbonyl (C=O) groups is 1. The fourth-order valence-electron chi connectivity index (χ4n) is 4.32. The molecule has 3 aromatic rings. The van der Waals surface area contributed by atoms with Gasteiger partial charge in [0.1, 0.15) is 5.75 Å². The van der Waals surface area contributed by atoms with Crippen LogP contribution in [0.1, 0.15) is 66.2 Å². The van der Waals surface area contributed by atoms with Crippen molar-refractivity contribution in [2.75, 3.05) is 6.54 Å². The first-order valence-corrected chi connectivity index (χ1v) is 13.1. The molecule has 0 aliphatic heterocycles. The van der Waals surface area contributed by atoms with E-state index in [4.69, 9.17) is 0 Å². The Bertz CT molecular complexity index is 1130. The number of aliphatic hydroxyl groups excluding tert-OH is 2. The number of phenols is 1. The molecule has 0 aromatic heterocycles. The Morgan fingerprint density at radius 3 is 2.41 bits per heavy atom. The van der Waals surface area contributed by atoms with Crippen LogP contribution in [0.5, 0.6) is 5.75 Å². The van der Waals surface area contributed by atoms with E-state index in [1.54, 1.807) is 12.1 Å². The Morgan fingerprint density at radius 2 is 1.68 bits per heavy atom. The van der Waals surface area contributed by atoms with Crippen molar-refractivity contribution in [3.8, 4) is 5.75 Å². The summed E-state index contributed by atoms with van der Waals surface area (Å²) in [5, 5.41) is 35.9. The summed E-state index contributed by atoms with van der Waals surface area (Å²) in [6.07, 6.45) is 3.80. The number of carbonyl (C=O) groups excluding carboxylic acids is 1. The number of benzene rings is 3. The lowest BCUT2D eigenvalue weighted by molar-refractivity contribution is -0.120. The molecule has 6 heteroatoms. The molecule has 0 unspecified atom stereocenters. The normalized spacial score (nSPS) is 12.8. The molecular weight excluding hydrogens is 464 g/mol. The number of amides is 1. The van der Waals surface area contributed by atoms with E-state index in [-0.39, 0.29) is 24.3 Å². The van der Waals surface area contributed by atoms with E-state index in [9.17, 15) is 20.1 Å². The zero-order valence-electron chi connectivity index (χ0n) is 21.9. The Labute approximate surface area is 220 Å². The van der Waals surface area contributed by atoms with Crippen LogP contribution >= 0.6 is 0 Å². The number of hydrogen-bond acceptors (Lipinski definition) is 5. The standard InChI is InChI=1S/C31H40N2O4/c1-3-4-6-23-9-11-24(12-10-23)19-33-31(37)17-26-8-5-7-25(16-26)15-22(2)32-20-30(36)27-13-14-29(35)28(18-27)21-34/h5,7-14,16,18,22,30,32,34-36H,3-4,6,15,17,19-21H2,1-2H3,(H,33,37)/t22-,30+/m1/s1. The van der Waals surface area contributed by atoms with Crippen molar-refractivity contribution in [1.82, 2.24) is 10.6 Å². The fraction of sp³-hybridized carbons (Fsp3) is 0.387. The van der Waals surface area contributed by atoms with Gasteiger partial charge in [-0.3, -0.25) is 4.79 Å². The van der Waals surface area contributed by atoms with Crippen molar-refractivity contribution in [2.24, 2.45) is 0 Å². The van der Waals surface area contributed by atoms with Crippen molar-refractivity contribution < 1.29 is 20.1 Å². The van der Waals surface area contributed by atoms with Gasteiger partial charge in [-0.25, -0.2) is 0 Å². The van der Waals surface area contributed by atoms with Gasteiger partial charge in [0, 0.05) is 24.7 Å². The molecule has 37 heavy (non-hydrogen) atoms. The molecule has 2 atom stereocenters. The predicted octanol–water partition coefficient (Wildman–Crippen LogP) is 4.34. The largest absolute Gasteiger partial charge is 0.508 e. The van der Waals surface area contributed by atoms with Gasteiger partial charge in [0.15, 0.2) is 0 Å². The number of aryl methyl sites for hydroxylation is 1. The molecule has 0 fully saturated rings. The van der Waals surface area contributed by atoms with Crippen LogP contribution in [0.2, 0.25) is 0 Å². The van der Waals surface area contributed by atoms with Gasteiger partial charge in [0.25, 0.3) is 0 Å². The first-order valence-electron chi connectivity index (χ1n) is 13.1. The Morgan fingerprint density at radius 1 is 0.946 bits per heavy atom. The summed E-state index contributed by atoms with van der Waals surface area (Å²) in [5.41, 5.74) is 5.56. The molecule has 1 amide bonds. The smallest absolute Gasteiger partial charge is 0.224 e. The second-order valence-electron chi connectivity index (χ2n) is 9.77. The molecule has 0 saturated heterocycles. The van der Waals surface area contributed by atoms with Crippen LogP contribution in [0, 0.1) is 0 Å². The highest BCUT2D eigenvalue weighted by Crippen LogP contribution is 2.22. The SMILES string of the molecule is CCCCc1ccc(CNC(=O)Cc2cccc(C[C@@H](C)NC[C@H](O)c3ccc(O)c(CO)c3)c2)cc1. The van der Waals surface area contributed by atoms with Crippen LogP contribution in [-0.4, -0.2) is 33.8 Å². The second-order valence-corrected chi connectivity index (χ2v) is 9.77. The minimum absolute atomic E-state index is 0.00217. The minimum Gasteiger partial charge on any atom is -0.508 e. The third-order valence-electron chi connectivity index (χ3n) is 6.55. The van der Waals surface area contributed by atoms with E-state index in [0.29, 0.717) is 30.6 Å². The number of hydrogen-bond donors (Lipinski definition) is 5. The number of aliphatic hydroxyl groups is 2. The minimum atomic E-state index is -0.754. The third-order valence-corrected chi connectivity index (χ3v) is 6.55. The maximum absolute atomic E-state index is 12.5. The van der Waals surface area contributed by atoms with Crippen molar-refractivity contribution in [3.63, 3.8) is 0 Å². The van der Waals surface area contributed by atoms with E-state index >= 15 is 0 Å². The number of rotatable bonds is 14. The summed E-state index contributed by atoms with van der Waals surface area (Å²) in [6.45, 7) is 4.83. The van der Waals surface area contributed by atoms with E-state index in [0.717, 1.165) is 29.5 Å². The lowest BCUT2D eigenvalue weighted by atomic mass is 10.0. The molecule has 5 N–H and O–H groups in total. The number of nitrogens with one attached hydrogen (secondary N) is 2. The van der Waals surface area contributed by atoms with Crippen LogP contribution in [0.4, 0.5) is 0 Å². The highest BCUT2D eigenvalue weighted by atomic mass is 16.3. The van der Waals surface area contributed by atoms with Crippen LogP contribution in [0.25, 0.3) is 0 Å². The fourth-order valence-corrected chi connectivity index (χ4v) is 4.32. The average Bonchev–Trinajstić information content (AvgIpc) is 2.90. The van der Waals surface area contributed by atoms with Gasteiger partial charge in [-0.1, -0.05) is 67.9 Å². The van der Waals surface area contributed by atoms with Crippen molar-refractivity contribution in [1.29, 1.82) is 0 Å². The predicted molar refractivity (Wildman–Crippen MR) is 147 cm³/mol. The quantitative estimate of drug-likeness (QED) is 0.225. The van der Waals surface area contributed by atoms with Gasteiger partial charge in [-0.05, 0) is 66.1 Å². The number of aromatic hydroxyl groups is 1. The van der Waals surface area contributed by atoms with Crippen LogP contribution in [0.15, 0.2) is 66.7 Å². The third kappa shape index (κ3) is 9.32. The molecule has 3 aromatic carbocycles. The van der Waals surface area contributed by atoms with E-state index < -0.39 is 6.10 Å². The van der Waals surface area contributed by atoms with Gasteiger partial charge >= 0.3 is 0 Å². The van der Waals surface area contributed by atoms with Crippen LogP contribution in [0.3, 0.4) is 0 Å². The van der Waals surface area contributed by atoms with Crippen molar-refractivity contribution in [3.05, 3.63) is 100 Å². The molecule has 0 radical (unpaired) electrons. The highest BCUT2D eigenvalue weighted by molar-refractivity contribution is 5.78. The van der Waals surface area contributed by atoms with Gasteiger partial charge in [0.05, 0.1) is 19.1 Å². The second kappa shape index (κ2) is 14.5. The van der Waals surface area contributed by atoms with Gasteiger partial charge in [-0.2, -0.15) is 0 Å². The Balaban J connectivity index is 1.44. The maximum atomic E-state index is 12.5. The monoisotopic (exact) mass is 504 g/mol. The van der Waals surface area contributed by atoms with Crippen LogP contribution < -0.4 is 10.6 Å². The first kappa shape index (κ1) is 28.4. The molecule has 198 valence electrons. The summed E-state index contributed by atoms with van der Waals surface area (Å²) >= 11 is 0. The molecule has 6 nitrogen and oxygen atoms in total. The highest BCUT2D eigenvalue weighted by Gasteiger charge is 2.13. The first-order chi connectivity index (χ1) is 17.9. The lowest BCUT2D eigenvalue weighted by Crippen LogP contribution is -2.32. The topological polar surface area (TPSA) is 102 Å². The van der Waals surface area contributed by atoms with E-state index in [2.05, 4.69) is 54.8 Å². The Kier molecular flexibility index (Phi) is 11.1.